The molecule has 27 heavy (non-hydrogen) atoms. The molecule has 0 aromatic heterocycles. The largest absolute Gasteiger partial charge is 0.295 e. The van der Waals surface area contributed by atoms with Crippen LogP contribution in [0.3, 0.4) is 0 Å². The molecule has 4 nitrogen and oxygen atoms in total. The second-order valence-corrected chi connectivity index (χ2v) is 7.87. The summed E-state index contributed by atoms with van der Waals surface area (Å²) in [7, 11) is 0. The molecule has 0 spiro atoms. The SMILES string of the molecule is O=C1CC(N2CCC(Cc3ccccc3)CC2)N(c2cccc(Cl)c2)C1=O. The third kappa shape index (κ3) is 3.92. The van der Waals surface area contributed by atoms with Crippen LogP contribution < -0.4 is 4.90 Å². The molecule has 4 rings (SSSR count). The summed E-state index contributed by atoms with van der Waals surface area (Å²) >= 11 is 6.10. The van der Waals surface area contributed by atoms with Gasteiger partial charge in [0, 0.05) is 23.8 Å². The Morgan fingerprint density at radius 3 is 2.41 bits per heavy atom. The smallest absolute Gasteiger partial charge is 0.289 e. The van der Waals surface area contributed by atoms with Gasteiger partial charge in [-0.15, -0.1) is 0 Å². The Balaban J connectivity index is 1.45. The van der Waals surface area contributed by atoms with E-state index in [1.807, 2.05) is 18.2 Å². The Morgan fingerprint density at radius 1 is 0.963 bits per heavy atom. The second-order valence-electron chi connectivity index (χ2n) is 7.43. The van der Waals surface area contributed by atoms with E-state index in [4.69, 9.17) is 11.6 Å². The predicted molar refractivity (Wildman–Crippen MR) is 107 cm³/mol. The number of carbonyl (C=O) groups excluding carboxylic acids is 2. The maximum Gasteiger partial charge on any atom is 0.295 e. The van der Waals surface area contributed by atoms with E-state index in [1.54, 1.807) is 17.0 Å². The van der Waals surface area contributed by atoms with E-state index in [2.05, 4.69) is 29.2 Å². The normalized spacial score (nSPS) is 21.8. The van der Waals surface area contributed by atoms with Crippen molar-refractivity contribution in [1.29, 1.82) is 0 Å². The topological polar surface area (TPSA) is 40.6 Å². The first-order chi connectivity index (χ1) is 13.1. The van der Waals surface area contributed by atoms with Crippen molar-refractivity contribution in [3.63, 3.8) is 0 Å². The summed E-state index contributed by atoms with van der Waals surface area (Å²) in [6.07, 6.45) is 3.32. The van der Waals surface area contributed by atoms with Crippen LogP contribution in [-0.2, 0) is 16.0 Å². The molecular formula is C22H23ClN2O2. The van der Waals surface area contributed by atoms with E-state index in [0.717, 1.165) is 32.4 Å². The van der Waals surface area contributed by atoms with Crippen molar-refractivity contribution in [2.24, 2.45) is 5.92 Å². The first kappa shape index (κ1) is 18.2. The average molecular weight is 383 g/mol. The van der Waals surface area contributed by atoms with Gasteiger partial charge in [0.25, 0.3) is 5.91 Å². The number of halogens is 1. The van der Waals surface area contributed by atoms with Gasteiger partial charge in [-0.2, -0.15) is 0 Å². The van der Waals surface area contributed by atoms with Gasteiger partial charge in [-0.05, 0) is 48.9 Å². The number of piperidine rings is 1. The highest BCUT2D eigenvalue weighted by molar-refractivity contribution is 6.44. The van der Waals surface area contributed by atoms with Crippen LogP contribution in [0.15, 0.2) is 54.6 Å². The van der Waals surface area contributed by atoms with E-state index in [0.29, 0.717) is 16.6 Å². The fourth-order valence-corrected chi connectivity index (χ4v) is 4.41. The Morgan fingerprint density at radius 2 is 1.70 bits per heavy atom. The summed E-state index contributed by atoms with van der Waals surface area (Å²) in [4.78, 5) is 28.5. The van der Waals surface area contributed by atoms with Crippen molar-refractivity contribution >= 4 is 29.0 Å². The van der Waals surface area contributed by atoms with Crippen molar-refractivity contribution in [3.8, 4) is 0 Å². The molecule has 0 bridgehead atoms. The number of anilines is 1. The molecule has 140 valence electrons. The third-order valence-corrected chi connectivity index (χ3v) is 5.88. The van der Waals surface area contributed by atoms with Crippen LogP contribution in [0.1, 0.15) is 24.8 Å². The van der Waals surface area contributed by atoms with Crippen LogP contribution in [0.25, 0.3) is 0 Å². The minimum Gasteiger partial charge on any atom is -0.289 e. The highest BCUT2D eigenvalue weighted by atomic mass is 35.5. The number of nitrogens with zero attached hydrogens (tertiary/aromatic N) is 2. The molecule has 5 heteroatoms. The number of ketones is 1. The summed E-state index contributed by atoms with van der Waals surface area (Å²) in [6.45, 7) is 1.81. The lowest BCUT2D eigenvalue weighted by Gasteiger charge is -2.39. The monoisotopic (exact) mass is 382 g/mol. The van der Waals surface area contributed by atoms with Gasteiger partial charge in [0.05, 0.1) is 12.6 Å². The van der Waals surface area contributed by atoms with Gasteiger partial charge in [-0.25, -0.2) is 0 Å². The van der Waals surface area contributed by atoms with Crippen LogP contribution in [-0.4, -0.2) is 35.8 Å². The highest BCUT2D eigenvalue weighted by Crippen LogP contribution is 2.32. The number of rotatable bonds is 4. The van der Waals surface area contributed by atoms with E-state index in [9.17, 15) is 9.59 Å². The minimum atomic E-state index is -0.423. The molecule has 1 amide bonds. The van der Waals surface area contributed by atoms with Crippen LogP contribution >= 0.6 is 11.6 Å². The molecule has 2 aromatic carbocycles. The summed E-state index contributed by atoms with van der Waals surface area (Å²) in [5.74, 6) is -0.0869. The number of hydrogen-bond donors (Lipinski definition) is 0. The molecule has 0 radical (unpaired) electrons. The van der Waals surface area contributed by atoms with Gasteiger partial charge in [-0.3, -0.25) is 19.4 Å². The second kappa shape index (κ2) is 7.83. The lowest BCUT2D eigenvalue weighted by atomic mass is 9.90. The first-order valence-corrected chi connectivity index (χ1v) is 9.89. The molecule has 2 aliphatic rings. The molecular weight excluding hydrogens is 360 g/mol. The van der Waals surface area contributed by atoms with Crippen LogP contribution in [0.4, 0.5) is 5.69 Å². The Hall–Kier alpha value is -2.17. The summed E-state index contributed by atoms with van der Waals surface area (Å²) in [5.41, 5.74) is 2.08. The molecule has 2 saturated heterocycles. The zero-order valence-electron chi connectivity index (χ0n) is 15.2. The molecule has 1 atom stereocenters. The third-order valence-electron chi connectivity index (χ3n) is 5.65. The standard InChI is InChI=1S/C22H23ClN2O2/c23-18-7-4-8-19(14-18)25-21(15-20(26)22(25)27)24-11-9-17(10-12-24)13-16-5-2-1-3-6-16/h1-8,14,17,21H,9-13,15H2. The number of Topliss-reactive ketones (excluding diaryl/α,β-unsaturated/α-hetero) is 1. The quantitative estimate of drug-likeness (QED) is 0.752. The predicted octanol–water partition coefficient (Wildman–Crippen LogP) is 3.93. The number of carbonyl (C=O) groups is 2. The number of benzene rings is 2. The Kier molecular flexibility index (Phi) is 5.28. The molecule has 2 aliphatic heterocycles. The van der Waals surface area contributed by atoms with Gasteiger partial charge in [-0.1, -0.05) is 48.0 Å². The highest BCUT2D eigenvalue weighted by Gasteiger charge is 2.43. The number of amides is 1. The number of hydrogen-bond acceptors (Lipinski definition) is 3. The lowest BCUT2D eigenvalue weighted by Crippen LogP contribution is -2.49. The molecule has 0 aliphatic carbocycles. The van der Waals surface area contributed by atoms with E-state index < -0.39 is 5.91 Å². The molecule has 2 heterocycles. The van der Waals surface area contributed by atoms with Crippen molar-refractivity contribution in [2.45, 2.75) is 31.8 Å². The van der Waals surface area contributed by atoms with Gasteiger partial charge >= 0.3 is 0 Å². The van der Waals surface area contributed by atoms with Crippen molar-refractivity contribution in [3.05, 3.63) is 65.2 Å². The van der Waals surface area contributed by atoms with Crippen LogP contribution in [0, 0.1) is 5.92 Å². The molecule has 2 fully saturated rings. The molecule has 0 saturated carbocycles. The van der Waals surface area contributed by atoms with E-state index in [-0.39, 0.29) is 18.4 Å². The van der Waals surface area contributed by atoms with Gasteiger partial charge in [0.15, 0.2) is 0 Å². The Bertz CT molecular complexity index is 831. The minimum absolute atomic E-state index is 0.193. The van der Waals surface area contributed by atoms with E-state index in [1.165, 1.54) is 5.56 Å². The summed E-state index contributed by atoms with van der Waals surface area (Å²) < 4.78 is 0. The molecule has 2 aromatic rings. The average Bonchev–Trinajstić information content (AvgIpc) is 2.98. The van der Waals surface area contributed by atoms with Crippen molar-refractivity contribution < 1.29 is 9.59 Å². The summed E-state index contributed by atoms with van der Waals surface area (Å²) in [5, 5.41) is 0.569. The van der Waals surface area contributed by atoms with Gasteiger partial charge < -0.3 is 0 Å². The fourth-order valence-electron chi connectivity index (χ4n) is 4.22. The summed E-state index contributed by atoms with van der Waals surface area (Å²) in [6, 6.07) is 17.8. The molecule has 0 N–H and O–H groups in total. The number of likely N-dealkylation sites (tertiary alicyclic amines) is 1. The molecule has 1 unspecified atom stereocenters. The zero-order chi connectivity index (χ0) is 18.8. The Labute approximate surface area is 164 Å². The van der Waals surface area contributed by atoms with E-state index >= 15 is 0 Å². The van der Waals surface area contributed by atoms with Crippen molar-refractivity contribution in [2.75, 3.05) is 18.0 Å². The lowest BCUT2D eigenvalue weighted by molar-refractivity contribution is -0.133. The first-order valence-electron chi connectivity index (χ1n) is 9.52. The van der Waals surface area contributed by atoms with Crippen LogP contribution in [0.2, 0.25) is 5.02 Å². The zero-order valence-corrected chi connectivity index (χ0v) is 15.9. The van der Waals surface area contributed by atoms with Gasteiger partial charge in [0.2, 0.25) is 5.78 Å². The van der Waals surface area contributed by atoms with Crippen molar-refractivity contribution in [1.82, 2.24) is 4.90 Å². The van der Waals surface area contributed by atoms with Gasteiger partial charge in [0.1, 0.15) is 0 Å². The maximum absolute atomic E-state index is 12.5. The van der Waals surface area contributed by atoms with Crippen LogP contribution in [0.5, 0.6) is 0 Å². The maximum atomic E-state index is 12.5. The fraction of sp³-hybridized carbons (Fsp3) is 0.364.